The van der Waals surface area contributed by atoms with E-state index in [1.807, 2.05) is 6.92 Å². The molecule has 50 valence electrons. The van der Waals surface area contributed by atoms with E-state index in [1.165, 1.54) is 0 Å². The van der Waals surface area contributed by atoms with Crippen molar-refractivity contribution in [3.05, 3.63) is 11.6 Å². The van der Waals surface area contributed by atoms with Crippen LogP contribution in [0.1, 0.15) is 11.6 Å². The van der Waals surface area contributed by atoms with Crippen LogP contribution in [0, 0.1) is 6.92 Å². The summed E-state index contributed by atoms with van der Waals surface area (Å²) in [4.78, 5) is 4.09. The van der Waals surface area contributed by atoms with Gasteiger partial charge in [0, 0.05) is 0 Å². The summed E-state index contributed by atoms with van der Waals surface area (Å²) >= 11 is 0. The highest BCUT2D eigenvalue weighted by atomic mass is 15.2. The minimum atomic E-state index is 0.858. The van der Waals surface area contributed by atoms with Crippen molar-refractivity contribution in [3.8, 4) is 0 Å². The maximum absolute atomic E-state index is 4.09. The molecule has 1 aromatic heterocycles. The lowest BCUT2D eigenvalue weighted by molar-refractivity contribution is -0.366. The molecule has 0 radical (unpaired) electrons. The summed E-state index contributed by atoms with van der Waals surface area (Å²) in [5.74, 6) is 1.74. The molecule has 1 rings (SSSR count). The van der Waals surface area contributed by atoms with Crippen molar-refractivity contribution < 1.29 is 5.73 Å². The minimum Gasteiger partial charge on any atom is -0.357 e. The van der Waals surface area contributed by atoms with Crippen LogP contribution < -0.4 is 5.73 Å². The van der Waals surface area contributed by atoms with Crippen LogP contribution in [0.3, 0.4) is 0 Å². The molecule has 9 heavy (non-hydrogen) atoms. The Morgan fingerprint density at radius 1 is 1.67 bits per heavy atom. The molecule has 0 bridgehead atoms. The molecular formula is C5H11N4+. The normalized spacial score (nSPS) is 10.0. The molecule has 0 aliphatic heterocycles. The molecule has 1 aromatic rings. The highest BCUT2D eigenvalue weighted by Crippen LogP contribution is 1.88. The molecule has 0 aromatic carbocycles. The second-order valence-corrected chi connectivity index (χ2v) is 1.94. The number of rotatable bonds is 2. The van der Waals surface area contributed by atoms with Gasteiger partial charge in [0.2, 0.25) is 0 Å². The Kier molecular flexibility index (Phi) is 1.79. The Morgan fingerprint density at radius 2 is 2.44 bits per heavy atom. The van der Waals surface area contributed by atoms with Gasteiger partial charge in [-0.05, 0) is 6.92 Å². The molecular weight excluding hydrogens is 116 g/mol. The third kappa shape index (κ3) is 1.50. The van der Waals surface area contributed by atoms with E-state index in [2.05, 4.69) is 20.9 Å². The van der Waals surface area contributed by atoms with Crippen LogP contribution in [0.2, 0.25) is 0 Å². The largest absolute Gasteiger partial charge is 0.357 e. The summed E-state index contributed by atoms with van der Waals surface area (Å²) in [5, 5.41) is 6.69. The van der Waals surface area contributed by atoms with E-state index in [1.54, 1.807) is 0 Å². The molecule has 0 aliphatic rings. The Labute approximate surface area is 53.5 Å². The average molecular weight is 127 g/mol. The monoisotopic (exact) mass is 127 g/mol. The van der Waals surface area contributed by atoms with Gasteiger partial charge in [0.1, 0.15) is 5.82 Å². The fourth-order valence-electron chi connectivity index (χ4n) is 0.659. The third-order valence-corrected chi connectivity index (χ3v) is 1.04. The predicted octanol–water partition coefficient (Wildman–Crippen LogP) is -1.10. The van der Waals surface area contributed by atoms with E-state index < -0.39 is 0 Å². The Morgan fingerprint density at radius 3 is 2.89 bits per heavy atom. The molecule has 0 saturated carbocycles. The second-order valence-electron chi connectivity index (χ2n) is 1.94. The van der Waals surface area contributed by atoms with Gasteiger partial charge in [-0.25, -0.2) is 4.98 Å². The number of quaternary nitrogens is 1. The van der Waals surface area contributed by atoms with Gasteiger partial charge in [-0.2, -0.15) is 5.10 Å². The minimum absolute atomic E-state index is 0.858. The van der Waals surface area contributed by atoms with E-state index in [0.717, 1.165) is 24.6 Å². The van der Waals surface area contributed by atoms with Crippen LogP contribution in [0.15, 0.2) is 0 Å². The maximum atomic E-state index is 4.09. The molecule has 0 amide bonds. The van der Waals surface area contributed by atoms with Crippen molar-refractivity contribution in [2.24, 2.45) is 0 Å². The lowest BCUT2D eigenvalue weighted by Crippen LogP contribution is -2.51. The average Bonchev–Trinajstić information content (AvgIpc) is 2.17. The number of H-pyrrole nitrogens is 1. The number of aryl methyl sites for hydroxylation is 1. The molecule has 4 N–H and O–H groups in total. The van der Waals surface area contributed by atoms with Crippen molar-refractivity contribution in [1.82, 2.24) is 15.2 Å². The van der Waals surface area contributed by atoms with Crippen LogP contribution >= 0.6 is 0 Å². The summed E-state index contributed by atoms with van der Waals surface area (Å²) in [6.07, 6.45) is 0.865. The van der Waals surface area contributed by atoms with Gasteiger partial charge in [0.05, 0.1) is 13.0 Å². The van der Waals surface area contributed by atoms with Crippen LogP contribution in [0.5, 0.6) is 0 Å². The van der Waals surface area contributed by atoms with Gasteiger partial charge in [-0.1, -0.05) is 0 Å². The highest BCUT2D eigenvalue weighted by Gasteiger charge is 1.96. The number of hydrogen-bond acceptors (Lipinski definition) is 2. The second kappa shape index (κ2) is 2.59. The first-order valence-electron chi connectivity index (χ1n) is 3.00. The van der Waals surface area contributed by atoms with E-state index in [4.69, 9.17) is 0 Å². The summed E-state index contributed by atoms with van der Waals surface area (Å²) in [7, 11) is 0. The summed E-state index contributed by atoms with van der Waals surface area (Å²) in [6.45, 7) is 2.75. The summed E-state index contributed by atoms with van der Waals surface area (Å²) < 4.78 is 0. The molecule has 0 spiro atoms. The van der Waals surface area contributed by atoms with Gasteiger partial charge in [0.15, 0.2) is 5.82 Å². The van der Waals surface area contributed by atoms with E-state index in [9.17, 15) is 0 Å². The first-order chi connectivity index (χ1) is 4.33. The van der Waals surface area contributed by atoms with Gasteiger partial charge < -0.3 is 5.73 Å². The number of nitrogens with zero attached hydrogens (tertiary/aromatic N) is 2. The van der Waals surface area contributed by atoms with Crippen molar-refractivity contribution >= 4 is 0 Å². The Hall–Kier alpha value is -0.900. The van der Waals surface area contributed by atoms with E-state index in [0.29, 0.717) is 0 Å². The van der Waals surface area contributed by atoms with Crippen molar-refractivity contribution in [2.75, 3.05) is 6.54 Å². The fourth-order valence-corrected chi connectivity index (χ4v) is 0.659. The smallest absolute Gasteiger partial charge is 0.156 e. The van der Waals surface area contributed by atoms with Gasteiger partial charge in [-0.15, -0.1) is 0 Å². The SMILES string of the molecule is Cc1nc(CC[NH3+])n[nH]1. The number of aromatic nitrogens is 3. The van der Waals surface area contributed by atoms with Gasteiger partial charge in [0.25, 0.3) is 0 Å². The van der Waals surface area contributed by atoms with Crippen LogP contribution in [-0.4, -0.2) is 21.7 Å². The zero-order valence-electron chi connectivity index (χ0n) is 5.52. The fraction of sp³-hybridized carbons (Fsp3) is 0.600. The maximum Gasteiger partial charge on any atom is 0.156 e. The zero-order valence-corrected chi connectivity index (χ0v) is 5.52. The van der Waals surface area contributed by atoms with Crippen molar-refractivity contribution in [1.29, 1.82) is 0 Å². The van der Waals surface area contributed by atoms with E-state index >= 15 is 0 Å². The van der Waals surface area contributed by atoms with E-state index in [-0.39, 0.29) is 0 Å². The van der Waals surface area contributed by atoms with Crippen LogP contribution in [0.25, 0.3) is 0 Å². The molecule has 0 aliphatic carbocycles. The summed E-state index contributed by atoms with van der Waals surface area (Å²) in [5.41, 5.74) is 3.70. The molecule has 0 unspecified atom stereocenters. The topological polar surface area (TPSA) is 69.2 Å². The zero-order chi connectivity index (χ0) is 6.69. The van der Waals surface area contributed by atoms with Crippen molar-refractivity contribution in [3.63, 3.8) is 0 Å². The third-order valence-electron chi connectivity index (χ3n) is 1.04. The Bertz CT molecular complexity index is 181. The van der Waals surface area contributed by atoms with Gasteiger partial charge in [-0.3, -0.25) is 5.10 Å². The summed E-state index contributed by atoms with van der Waals surface area (Å²) in [6, 6.07) is 0. The number of nitrogens with one attached hydrogen (secondary N) is 1. The highest BCUT2D eigenvalue weighted by molar-refractivity contribution is 4.86. The molecule has 0 saturated heterocycles. The van der Waals surface area contributed by atoms with Crippen LogP contribution in [-0.2, 0) is 6.42 Å². The lowest BCUT2D eigenvalue weighted by Gasteiger charge is -1.81. The lowest BCUT2D eigenvalue weighted by atomic mass is 10.4. The van der Waals surface area contributed by atoms with Crippen molar-refractivity contribution in [2.45, 2.75) is 13.3 Å². The first kappa shape index (κ1) is 6.22. The first-order valence-corrected chi connectivity index (χ1v) is 3.00. The standard InChI is InChI=1S/C5H10N4/c1-4-7-5(2-3-6)9-8-4/h2-3,6H2,1H3,(H,7,8,9)/p+1. The predicted molar refractivity (Wildman–Crippen MR) is 32.6 cm³/mol. The number of aromatic amines is 1. The Balaban J connectivity index is 2.61. The molecule has 4 heteroatoms. The molecule has 4 nitrogen and oxygen atoms in total. The molecule has 1 heterocycles. The quantitative estimate of drug-likeness (QED) is 0.529. The molecule has 0 atom stereocenters. The van der Waals surface area contributed by atoms with Crippen LogP contribution in [0.4, 0.5) is 0 Å². The van der Waals surface area contributed by atoms with Gasteiger partial charge >= 0.3 is 0 Å². The molecule has 0 fully saturated rings. The number of hydrogen-bond donors (Lipinski definition) is 2.